The van der Waals surface area contributed by atoms with Crippen LogP contribution in [0.4, 0.5) is 0 Å². The van der Waals surface area contributed by atoms with E-state index in [1.807, 2.05) is 6.07 Å². The van der Waals surface area contributed by atoms with Crippen LogP contribution in [0.15, 0.2) is 30.3 Å². The molecule has 0 aromatic heterocycles. The minimum Gasteiger partial charge on any atom is -0.355 e. The van der Waals surface area contributed by atoms with Crippen molar-refractivity contribution < 1.29 is 9.47 Å². The number of rotatable bonds is 2. The van der Waals surface area contributed by atoms with E-state index >= 15 is 0 Å². The molecule has 1 saturated heterocycles. The van der Waals surface area contributed by atoms with Crippen LogP contribution in [0.25, 0.3) is 0 Å². The predicted molar refractivity (Wildman–Crippen MR) is 55.0 cm³/mol. The van der Waals surface area contributed by atoms with Gasteiger partial charge >= 0.3 is 0 Å². The molecular formula is C12H16O2. The van der Waals surface area contributed by atoms with E-state index in [1.54, 1.807) is 0 Å². The highest BCUT2D eigenvalue weighted by molar-refractivity contribution is 5.15. The van der Waals surface area contributed by atoms with Crippen LogP contribution in [0, 0.1) is 5.92 Å². The maximum absolute atomic E-state index is 5.44. The molecule has 1 aromatic carbocycles. The van der Waals surface area contributed by atoms with E-state index in [-0.39, 0.29) is 0 Å². The van der Waals surface area contributed by atoms with Gasteiger partial charge in [0.2, 0.25) is 0 Å². The van der Waals surface area contributed by atoms with E-state index in [2.05, 4.69) is 31.2 Å². The summed E-state index contributed by atoms with van der Waals surface area (Å²) < 4.78 is 10.7. The highest BCUT2D eigenvalue weighted by Gasteiger charge is 2.22. The van der Waals surface area contributed by atoms with Gasteiger partial charge in [-0.1, -0.05) is 30.3 Å². The fourth-order valence-corrected chi connectivity index (χ4v) is 1.77. The van der Waals surface area contributed by atoms with E-state index in [1.165, 1.54) is 5.56 Å². The lowest BCUT2D eigenvalue weighted by Crippen LogP contribution is -2.33. The quantitative estimate of drug-likeness (QED) is 0.715. The molecule has 2 heteroatoms. The highest BCUT2D eigenvalue weighted by Crippen LogP contribution is 2.18. The van der Waals surface area contributed by atoms with Crippen molar-refractivity contribution in [2.45, 2.75) is 19.4 Å². The number of hydrogen-bond donors (Lipinski definition) is 0. The Bertz CT molecular complexity index is 271. The second-order valence-corrected chi connectivity index (χ2v) is 3.81. The third-order valence-corrected chi connectivity index (χ3v) is 2.75. The molecule has 2 rings (SSSR count). The SMILES string of the molecule is C[C@@H]1OCOC[C@@H]1Cc1ccccc1. The maximum Gasteiger partial charge on any atom is 0.147 e. The van der Waals surface area contributed by atoms with Crippen LogP contribution >= 0.6 is 0 Å². The van der Waals surface area contributed by atoms with Gasteiger partial charge in [0.1, 0.15) is 6.79 Å². The Morgan fingerprint density at radius 1 is 1.29 bits per heavy atom. The largest absolute Gasteiger partial charge is 0.355 e. The van der Waals surface area contributed by atoms with Gasteiger partial charge in [-0.15, -0.1) is 0 Å². The van der Waals surface area contributed by atoms with Gasteiger partial charge in [0.15, 0.2) is 0 Å². The number of benzene rings is 1. The van der Waals surface area contributed by atoms with Gasteiger partial charge in [-0.3, -0.25) is 0 Å². The summed E-state index contributed by atoms with van der Waals surface area (Å²) in [6, 6.07) is 10.5. The van der Waals surface area contributed by atoms with Gasteiger partial charge in [0.25, 0.3) is 0 Å². The summed E-state index contributed by atoms with van der Waals surface area (Å²) >= 11 is 0. The lowest BCUT2D eigenvalue weighted by Gasteiger charge is -2.29. The molecule has 1 heterocycles. The summed E-state index contributed by atoms with van der Waals surface area (Å²) in [5, 5.41) is 0. The maximum atomic E-state index is 5.44. The first-order chi connectivity index (χ1) is 6.86. The Morgan fingerprint density at radius 2 is 2.07 bits per heavy atom. The Kier molecular flexibility index (Phi) is 3.17. The van der Waals surface area contributed by atoms with Gasteiger partial charge in [0.05, 0.1) is 12.7 Å². The second-order valence-electron chi connectivity index (χ2n) is 3.81. The van der Waals surface area contributed by atoms with Crippen LogP contribution in [0.2, 0.25) is 0 Å². The van der Waals surface area contributed by atoms with Crippen molar-refractivity contribution in [1.29, 1.82) is 0 Å². The summed E-state index contributed by atoms with van der Waals surface area (Å²) in [6.07, 6.45) is 1.35. The summed E-state index contributed by atoms with van der Waals surface area (Å²) in [5.41, 5.74) is 1.36. The van der Waals surface area contributed by atoms with Crippen LogP contribution in [0.5, 0.6) is 0 Å². The molecule has 1 aliphatic heterocycles. The second kappa shape index (κ2) is 4.58. The Labute approximate surface area is 84.8 Å². The molecule has 0 spiro atoms. The summed E-state index contributed by atoms with van der Waals surface area (Å²) in [5.74, 6) is 0.492. The van der Waals surface area contributed by atoms with Crippen LogP contribution in [0.1, 0.15) is 12.5 Å². The lowest BCUT2D eigenvalue weighted by molar-refractivity contribution is -0.163. The predicted octanol–water partition coefficient (Wildman–Crippen LogP) is 2.24. The van der Waals surface area contributed by atoms with Crippen molar-refractivity contribution >= 4 is 0 Å². The van der Waals surface area contributed by atoms with Crippen molar-refractivity contribution in [3.63, 3.8) is 0 Å². The molecule has 1 aromatic rings. The third-order valence-electron chi connectivity index (χ3n) is 2.75. The average Bonchev–Trinajstić information content (AvgIpc) is 2.23. The first-order valence-electron chi connectivity index (χ1n) is 5.09. The minimum absolute atomic E-state index is 0.309. The number of hydrogen-bond acceptors (Lipinski definition) is 2. The van der Waals surface area contributed by atoms with Crippen molar-refractivity contribution in [3.05, 3.63) is 35.9 Å². The molecule has 0 N–H and O–H groups in total. The van der Waals surface area contributed by atoms with Crippen molar-refractivity contribution in [3.8, 4) is 0 Å². The number of ether oxygens (including phenoxy) is 2. The molecule has 1 fully saturated rings. The van der Waals surface area contributed by atoms with E-state index in [0.29, 0.717) is 18.8 Å². The Balaban J connectivity index is 1.96. The zero-order valence-electron chi connectivity index (χ0n) is 8.48. The molecule has 0 radical (unpaired) electrons. The molecule has 76 valence electrons. The molecule has 0 saturated carbocycles. The topological polar surface area (TPSA) is 18.5 Å². The molecule has 0 bridgehead atoms. The van der Waals surface area contributed by atoms with E-state index < -0.39 is 0 Å². The smallest absolute Gasteiger partial charge is 0.147 e. The highest BCUT2D eigenvalue weighted by atomic mass is 16.7. The molecule has 2 atom stereocenters. The molecular weight excluding hydrogens is 176 g/mol. The molecule has 1 aliphatic rings. The van der Waals surface area contributed by atoms with Crippen LogP contribution in [-0.2, 0) is 15.9 Å². The van der Waals surface area contributed by atoms with Gasteiger partial charge < -0.3 is 9.47 Å². The molecule has 0 amide bonds. The fraction of sp³-hybridized carbons (Fsp3) is 0.500. The van der Waals surface area contributed by atoms with Gasteiger partial charge in [-0.2, -0.15) is 0 Å². The van der Waals surface area contributed by atoms with Gasteiger partial charge in [0, 0.05) is 5.92 Å². The van der Waals surface area contributed by atoms with E-state index in [0.717, 1.165) is 13.0 Å². The van der Waals surface area contributed by atoms with E-state index in [4.69, 9.17) is 9.47 Å². The molecule has 14 heavy (non-hydrogen) atoms. The normalized spacial score (nSPS) is 27.5. The molecule has 0 aliphatic carbocycles. The first kappa shape index (κ1) is 9.69. The zero-order valence-corrected chi connectivity index (χ0v) is 8.48. The molecule has 2 nitrogen and oxygen atoms in total. The van der Waals surface area contributed by atoms with Crippen molar-refractivity contribution in [2.24, 2.45) is 5.92 Å². The van der Waals surface area contributed by atoms with Gasteiger partial charge in [-0.05, 0) is 18.9 Å². The van der Waals surface area contributed by atoms with Crippen LogP contribution in [-0.4, -0.2) is 19.5 Å². The average molecular weight is 192 g/mol. The Morgan fingerprint density at radius 3 is 2.79 bits per heavy atom. The lowest BCUT2D eigenvalue weighted by atomic mass is 9.95. The van der Waals surface area contributed by atoms with Crippen molar-refractivity contribution in [2.75, 3.05) is 13.4 Å². The minimum atomic E-state index is 0.309. The van der Waals surface area contributed by atoms with Gasteiger partial charge in [-0.25, -0.2) is 0 Å². The van der Waals surface area contributed by atoms with Crippen molar-refractivity contribution in [1.82, 2.24) is 0 Å². The summed E-state index contributed by atoms with van der Waals surface area (Å²) in [6.45, 7) is 3.39. The third kappa shape index (κ3) is 2.34. The fourth-order valence-electron chi connectivity index (χ4n) is 1.77. The summed E-state index contributed by atoms with van der Waals surface area (Å²) in [4.78, 5) is 0. The zero-order chi connectivity index (χ0) is 9.80. The summed E-state index contributed by atoms with van der Waals surface area (Å²) in [7, 11) is 0. The van der Waals surface area contributed by atoms with E-state index in [9.17, 15) is 0 Å². The van der Waals surface area contributed by atoms with Crippen LogP contribution in [0.3, 0.4) is 0 Å². The van der Waals surface area contributed by atoms with Crippen LogP contribution < -0.4 is 0 Å². The first-order valence-corrected chi connectivity index (χ1v) is 5.09. The standard InChI is InChI=1S/C12H16O2/c1-10-12(8-13-9-14-10)7-11-5-3-2-4-6-11/h2-6,10,12H,7-9H2,1H3/t10-,12-/m0/s1. The Hall–Kier alpha value is -0.860. The molecule has 0 unspecified atom stereocenters. The monoisotopic (exact) mass is 192 g/mol.